The van der Waals surface area contributed by atoms with E-state index in [4.69, 9.17) is 4.74 Å². The molecule has 1 unspecified atom stereocenters. The van der Waals surface area contributed by atoms with E-state index >= 15 is 0 Å². The highest BCUT2D eigenvalue weighted by Crippen LogP contribution is 2.28. The van der Waals surface area contributed by atoms with Gasteiger partial charge < -0.3 is 10.1 Å². The van der Waals surface area contributed by atoms with Crippen molar-refractivity contribution in [2.75, 3.05) is 13.2 Å². The predicted octanol–water partition coefficient (Wildman–Crippen LogP) is 3.27. The number of nitrogens with one attached hydrogen (secondary N) is 1. The van der Waals surface area contributed by atoms with Gasteiger partial charge in [0.25, 0.3) is 0 Å². The first kappa shape index (κ1) is 14.6. The normalized spacial score (nSPS) is 25.4. The van der Waals surface area contributed by atoms with Crippen molar-refractivity contribution in [3.05, 3.63) is 0 Å². The minimum atomic E-state index is -0.233. The Morgan fingerprint density at radius 2 is 1.95 bits per heavy atom. The number of rotatable bonds is 5. The second kappa shape index (κ2) is 7.73. The monoisotopic (exact) mass is 268 g/mol. The number of hydrogen-bond donors (Lipinski definition) is 1. The molecule has 1 heterocycles. The van der Waals surface area contributed by atoms with Crippen LogP contribution >= 0.6 is 0 Å². The fourth-order valence-electron chi connectivity index (χ4n) is 3.27. The highest BCUT2D eigenvalue weighted by Gasteiger charge is 2.31. The Bertz CT molecular complexity index is 277. The summed E-state index contributed by atoms with van der Waals surface area (Å²) in [5, 5.41) is 3.07. The molecule has 0 aromatic carbocycles. The first-order chi connectivity index (χ1) is 9.31. The number of piperidine rings is 1. The summed E-state index contributed by atoms with van der Waals surface area (Å²) < 4.78 is 5.22. The van der Waals surface area contributed by atoms with Crippen LogP contribution in [0.4, 0.5) is 4.79 Å². The SMILES string of the molecule is CCCCOC(=O)NC1CCCCN1C1CCCC1. The summed E-state index contributed by atoms with van der Waals surface area (Å²) in [5.41, 5.74) is 0. The summed E-state index contributed by atoms with van der Waals surface area (Å²) in [4.78, 5) is 14.3. The standard InChI is InChI=1S/C15H28N2O2/c1-2-3-12-19-15(18)16-14-10-6-7-11-17(14)13-8-4-5-9-13/h13-14H,2-12H2,1H3,(H,16,18). The Labute approximate surface area is 116 Å². The van der Waals surface area contributed by atoms with Crippen LogP contribution in [-0.2, 0) is 4.74 Å². The van der Waals surface area contributed by atoms with E-state index in [2.05, 4.69) is 17.1 Å². The van der Waals surface area contributed by atoms with Gasteiger partial charge in [0.1, 0.15) is 0 Å². The molecule has 2 aliphatic rings. The molecule has 110 valence electrons. The third kappa shape index (κ3) is 4.37. The number of unbranched alkanes of at least 4 members (excludes halogenated alkanes) is 1. The smallest absolute Gasteiger partial charge is 0.408 e. The molecule has 2 fully saturated rings. The molecule has 19 heavy (non-hydrogen) atoms. The number of carbonyl (C=O) groups is 1. The van der Waals surface area contributed by atoms with Gasteiger partial charge in [0.2, 0.25) is 0 Å². The van der Waals surface area contributed by atoms with E-state index in [0.717, 1.165) is 25.8 Å². The van der Waals surface area contributed by atoms with Crippen LogP contribution < -0.4 is 5.32 Å². The summed E-state index contributed by atoms with van der Waals surface area (Å²) in [6.45, 7) is 3.77. The van der Waals surface area contributed by atoms with Gasteiger partial charge >= 0.3 is 6.09 Å². The molecule has 1 N–H and O–H groups in total. The Morgan fingerprint density at radius 3 is 2.68 bits per heavy atom. The number of carbonyl (C=O) groups excluding carboxylic acids is 1. The van der Waals surface area contributed by atoms with Gasteiger partial charge in [-0.3, -0.25) is 4.90 Å². The largest absolute Gasteiger partial charge is 0.450 e. The Morgan fingerprint density at radius 1 is 1.21 bits per heavy atom. The second-order valence-electron chi connectivity index (χ2n) is 5.82. The molecule has 1 atom stereocenters. The molecule has 1 aliphatic carbocycles. The van der Waals surface area contributed by atoms with Crippen LogP contribution in [0.1, 0.15) is 64.7 Å². The molecule has 1 saturated heterocycles. The zero-order valence-corrected chi connectivity index (χ0v) is 12.2. The lowest BCUT2D eigenvalue weighted by Crippen LogP contribution is -2.54. The van der Waals surface area contributed by atoms with Gasteiger partial charge in [-0.1, -0.05) is 26.2 Å². The van der Waals surface area contributed by atoms with Crippen LogP contribution in [0.15, 0.2) is 0 Å². The predicted molar refractivity (Wildman–Crippen MR) is 76.0 cm³/mol. The lowest BCUT2D eigenvalue weighted by atomic mass is 10.0. The summed E-state index contributed by atoms with van der Waals surface area (Å²) in [5.74, 6) is 0. The number of likely N-dealkylation sites (tertiary alicyclic amines) is 1. The lowest BCUT2D eigenvalue weighted by Gasteiger charge is -2.39. The van der Waals surface area contributed by atoms with Crippen molar-refractivity contribution >= 4 is 6.09 Å². The molecule has 4 heteroatoms. The molecule has 1 aliphatic heterocycles. The third-order valence-electron chi connectivity index (χ3n) is 4.35. The van der Waals surface area contributed by atoms with Gasteiger partial charge in [0, 0.05) is 12.6 Å². The van der Waals surface area contributed by atoms with E-state index in [1.807, 2.05) is 0 Å². The molecule has 2 rings (SSSR count). The molecule has 4 nitrogen and oxygen atoms in total. The first-order valence-electron chi connectivity index (χ1n) is 8.00. The fourth-order valence-corrected chi connectivity index (χ4v) is 3.27. The van der Waals surface area contributed by atoms with Crippen molar-refractivity contribution < 1.29 is 9.53 Å². The quantitative estimate of drug-likeness (QED) is 0.778. The lowest BCUT2D eigenvalue weighted by molar-refractivity contribution is 0.0646. The van der Waals surface area contributed by atoms with Crippen molar-refractivity contribution in [3.63, 3.8) is 0 Å². The van der Waals surface area contributed by atoms with Crippen molar-refractivity contribution in [2.24, 2.45) is 0 Å². The number of alkyl carbamates (subject to hydrolysis) is 1. The van der Waals surface area contributed by atoms with Crippen LogP contribution in [0.25, 0.3) is 0 Å². The first-order valence-corrected chi connectivity index (χ1v) is 8.00. The number of hydrogen-bond acceptors (Lipinski definition) is 3. The van der Waals surface area contributed by atoms with Gasteiger partial charge in [-0.2, -0.15) is 0 Å². The highest BCUT2D eigenvalue weighted by atomic mass is 16.5. The van der Waals surface area contributed by atoms with E-state index in [1.54, 1.807) is 0 Å². The van der Waals surface area contributed by atoms with Gasteiger partial charge in [0.15, 0.2) is 0 Å². The molecular formula is C15H28N2O2. The minimum absolute atomic E-state index is 0.200. The number of amides is 1. The number of ether oxygens (including phenoxy) is 1. The van der Waals surface area contributed by atoms with E-state index < -0.39 is 0 Å². The van der Waals surface area contributed by atoms with Gasteiger partial charge in [-0.15, -0.1) is 0 Å². The molecule has 0 aromatic heterocycles. The van der Waals surface area contributed by atoms with Crippen molar-refractivity contribution in [2.45, 2.75) is 76.9 Å². The molecule has 0 aromatic rings. The third-order valence-corrected chi connectivity index (χ3v) is 4.35. The molecule has 1 saturated carbocycles. The maximum Gasteiger partial charge on any atom is 0.408 e. The van der Waals surface area contributed by atoms with Gasteiger partial charge in [-0.05, 0) is 38.5 Å². The average Bonchev–Trinajstić information content (AvgIpc) is 2.93. The van der Waals surface area contributed by atoms with Crippen LogP contribution in [0.2, 0.25) is 0 Å². The average molecular weight is 268 g/mol. The highest BCUT2D eigenvalue weighted by molar-refractivity contribution is 5.67. The maximum absolute atomic E-state index is 11.8. The summed E-state index contributed by atoms with van der Waals surface area (Å²) in [6.07, 6.45) is 10.8. The van der Waals surface area contributed by atoms with Crippen molar-refractivity contribution in [1.29, 1.82) is 0 Å². The van der Waals surface area contributed by atoms with Crippen LogP contribution in [0.3, 0.4) is 0 Å². The van der Waals surface area contributed by atoms with E-state index in [-0.39, 0.29) is 12.3 Å². The fraction of sp³-hybridized carbons (Fsp3) is 0.933. The Balaban J connectivity index is 1.79. The summed E-state index contributed by atoms with van der Waals surface area (Å²) >= 11 is 0. The van der Waals surface area contributed by atoms with Crippen LogP contribution in [-0.4, -0.2) is 36.4 Å². The maximum atomic E-state index is 11.8. The van der Waals surface area contributed by atoms with E-state index in [1.165, 1.54) is 38.5 Å². The zero-order valence-electron chi connectivity index (χ0n) is 12.2. The molecule has 0 bridgehead atoms. The Kier molecular flexibility index (Phi) is 5.95. The molecule has 1 amide bonds. The Hall–Kier alpha value is -0.770. The van der Waals surface area contributed by atoms with Gasteiger partial charge in [-0.25, -0.2) is 4.79 Å². The van der Waals surface area contributed by atoms with Crippen LogP contribution in [0.5, 0.6) is 0 Å². The van der Waals surface area contributed by atoms with E-state index in [0.29, 0.717) is 12.6 Å². The van der Waals surface area contributed by atoms with Crippen LogP contribution in [0, 0.1) is 0 Å². The molecule has 0 radical (unpaired) electrons. The second-order valence-corrected chi connectivity index (χ2v) is 5.82. The summed E-state index contributed by atoms with van der Waals surface area (Å²) in [7, 11) is 0. The number of nitrogens with zero attached hydrogens (tertiary/aromatic N) is 1. The zero-order chi connectivity index (χ0) is 13.5. The van der Waals surface area contributed by atoms with E-state index in [9.17, 15) is 4.79 Å². The van der Waals surface area contributed by atoms with Gasteiger partial charge in [0.05, 0.1) is 12.8 Å². The summed E-state index contributed by atoms with van der Waals surface area (Å²) in [6, 6.07) is 0.682. The molecular weight excluding hydrogens is 240 g/mol. The topological polar surface area (TPSA) is 41.6 Å². The van der Waals surface area contributed by atoms with Crippen molar-refractivity contribution in [3.8, 4) is 0 Å². The minimum Gasteiger partial charge on any atom is -0.450 e. The van der Waals surface area contributed by atoms with Crippen molar-refractivity contribution in [1.82, 2.24) is 10.2 Å². The molecule has 0 spiro atoms.